The minimum Gasteiger partial charge on any atom is -0.497 e. The number of hydrogen-bond acceptors (Lipinski definition) is 20. The molecule has 0 unspecified atom stereocenters. The fourth-order valence-corrected chi connectivity index (χ4v) is 13.1. The number of benzene rings is 5. The summed E-state index contributed by atoms with van der Waals surface area (Å²) in [6, 6.07) is 36.0. The topological polar surface area (TPSA) is 332 Å². The Hall–Kier alpha value is -10.6. The van der Waals surface area contributed by atoms with Gasteiger partial charge in [0.15, 0.2) is 0 Å². The Morgan fingerprint density at radius 3 is 1.11 bits per heavy atom. The molecule has 5 aromatic carbocycles. The number of piperazine rings is 3. The van der Waals surface area contributed by atoms with Gasteiger partial charge in [-0.1, -0.05) is 52.7 Å². The van der Waals surface area contributed by atoms with Crippen molar-refractivity contribution in [1.82, 2.24) is 90.3 Å². The Bertz CT molecular complexity index is 4050. The molecule has 7 atom stereocenters. The lowest BCUT2D eigenvalue weighted by atomic mass is 10.0. The molecule has 2 aliphatic carbocycles. The van der Waals surface area contributed by atoms with E-state index in [0.29, 0.717) is 99.0 Å². The van der Waals surface area contributed by atoms with E-state index >= 15 is 0 Å². The molecule has 5 fully saturated rings. The Morgan fingerprint density at radius 2 is 0.804 bits per heavy atom. The van der Waals surface area contributed by atoms with Crippen LogP contribution in [-0.2, 0) is 19.2 Å². The molecule has 3 aromatic heterocycles. The van der Waals surface area contributed by atoms with Gasteiger partial charge in [-0.2, -0.15) is 0 Å². The zero-order valence-corrected chi connectivity index (χ0v) is 61.8. The molecule has 0 bridgehead atoms. The fourth-order valence-electron chi connectivity index (χ4n) is 13.1. The number of rotatable bonds is 27. The third-order valence-corrected chi connectivity index (χ3v) is 20.1. The number of aliphatic hydroxyl groups is 1. The van der Waals surface area contributed by atoms with E-state index in [1.807, 2.05) is 55.4 Å². The lowest BCUT2D eigenvalue weighted by molar-refractivity contribution is -0.135. The van der Waals surface area contributed by atoms with Gasteiger partial charge in [0, 0.05) is 120 Å². The number of unbranched alkanes of at least 4 members (excludes halogenated alkanes) is 1. The van der Waals surface area contributed by atoms with Crippen molar-refractivity contribution < 1.29 is 48.1 Å². The average Bonchev–Trinajstić information content (AvgIpc) is 1.67. The van der Waals surface area contributed by atoms with Gasteiger partial charge in [0.05, 0.1) is 68.5 Å². The number of ether oxygens (including phenoxy) is 2. The summed E-state index contributed by atoms with van der Waals surface area (Å²) in [6.45, 7) is 8.83. The first-order chi connectivity index (χ1) is 52.0. The monoisotopic (exact) mass is 1460 g/mol. The Kier molecular flexibility index (Phi) is 29.3. The Labute approximate surface area is 624 Å². The van der Waals surface area contributed by atoms with Gasteiger partial charge in [-0.05, 0) is 186 Å². The van der Waals surface area contributed by atoms with Gasteiger partial charge >= 0.3 is 0 Å². The number of aromatic nitrogens is 9. The third kappa shape index (κ3) is 23.2. The summed E-state index contributed by atoms with van der Waals surface area (Å²) in [4.78, 5) is 100. The molecule has 0 spiro atoms. The lowest BCUT2D eigenvalue weighted by Gasteiger charge is -2.34. The normalized spacial score (nSPS) is 18.6. The summed E-state index contributed by atoms with van der Waals surface area (Å²) < 4.78 is 15.2. The number of methoxy groups -OCH3 is 2. The molecular weight excluding hydrogens is 1360 g/mol. The Balaban J connectivity index is 0.000000161. The molecular formula is C78H101N19O10. The zero-order valence-electron chi connectivity index (χ0n) is 61.8. The van der Waals surface area contributed by atoms with Gasteiger partial charge in [-0.3, -0.25) is 28.8 Å². The number of aliphatic hydroxyl groups excluding tert-OH is 1. The first-order valence-corrected chi connectivity index (χ1v) is 36.8. The van der Waals surface area contributed by atoms with Gasteiger partial charge in [0.25, 0.3) is 17.7 Å². The third-order valence-electron chi connectivity index (χ3n) is 20.1. The van der Waals surface area contributed by atoms with E-state index in [0.717, 1.165) is 99.8 Å². The number of carbonyl (C=O) groups excluding carboxylic acids is 7. The number of likely N-dealkylation sites (N-methyl/N-ethyl adjacent to an activating group) is 3. The molecule has 8 aromatic rings. The average molecular weight is 1460 g/mol. The van der Waals surface area contributed by atoms with E-state index in [9.17, 15) is 33.6 Å². The summed E-state index contributed by atoms with van der Waals surface area (Å²) >= 11 is 0. The number of aldehydes is 1. The van der Waals surface area contributed by atoms with E-state index < -0.39 is 18.1 Å². The first kappa shape index (κ1) is 79.0. The summed E-state index contributed by atoms with van der Waals surface area (Å²) in [5.41, 5.74) is 12.3. The van der Waals surface area contributed by atoms with Crippen LogP contribution in [0.4, 0.5) is 0 Å². The van der Waals surface area contributed by atoms with Gasteiger partial charge in [-0.15, -0.1) is 15.3 Å². The zero-order chi connectivity index (χ0) is 75.6. The number of amides is 6. The van der Waals surface area contributed by atoms with E-state index in [4.69, 9.17) is 20.3 Å². The number of nitrogens with one attached hydrogen (secondary N) is 3. The highest BCUT2D eigenvalue weighted by atomic mass is 16.5. The number of hydrogen-bond donors (Lipinski definition) is 5. The maximum atomic E-state index is 13.5. The van der Waals surface area contributed by atoms with E-state index in [1.165, 1.54) is 17.5 Å². The molecule has 6 N–H and O–H groups in total. The molecule has 3 saturated heterocycles. The second-order valence-electron chi connectivity index (χ2n) is 27.7. The molecule has 3 aliphatic heterocycles. The molecule has 6 heterocycles. The minimum atomic E-state index is -0.712. The van der Waals surface area contributed by atoms with Crippen molar-refractivity contribution in [2.45, 2.75) is 100 Å². The quantitative estimate of drug-likeness (QED) is 0.0332. The summed E-state index contributed by atoms with van der Waals surface area (Å²) in [7, 11) is 9.47. The van der Waals surface area contributed by atoms with Gasteiger partial charge in [0.2, 0.25) is 17.7 Å². The molecule has 5 aliphatic rings. The fraction of sp³-hybridized carbons (Fsp3) is 0.449. The minimum absolute atomic E-state index is 0.0189. The molecule has 0 radical (unpaired) electrons. The summed E-state index contributed by atoms with van der Waals surface area (Å²) in [5, 5.41) is 41.0. The van der Waals surface area contributed by atoms with Crippen LogP contribution in [0.3, 0.4) is 0 Å². The van der Waals surface area contributed by atoms with Crippen molar-refractivity contribution in [3.8, 4) is 28.6 Å². The SMILES string of the molecule is CN1CCN(C(=O)[C@H](CCC=O)NC(=O)c2ccc(-n3ccnn3)cc2)CC1.CN1CCN(C(=O)[C@H](CCCO)NC(=O)c2ccc(-n3ccnn3)cc2)CC1.COc1ccc([C@@H]2C[C@H]2CCCC[C@H](NC(=O)c2ccc(-n3ccnn3)cc2)C(=O)N2CCN(C)CC2)cc1.COc1ccc([C@@H]2C[C@H]2N)cc1. The number of nitrogens with zero attached hydrogens (tertiary/aromatic N) is 15. The smallest absolute Gasteiger partial charge is 0.251 e. The van der Waals surface area contributed by atoms with E-state index in [2.05, 4.69) is 92.9 Å². The van der Waals surface area contributed by atoms with Gasteiger partial charge in [-0.25, -0.2) is 14.0 Å². The van der Waals surface area contributed by atoms with Crippen molar-refractivity contribution in [3.05, 3.63) is 186 Å². The number of carbonyl (C=O) groups is 7. The Morgan fingerprint density at radius 1 is 0.467 bits per heavy atom. The molecule has 2 saturated carbocycles. The molecule has 6 amide bonds. The van der Waals surface area contributed by atoms with Crippen LogP contribution in [0.2, 0.25) is 0 Å². The van der Waals surface area contributed by atoms with Crippen molar-refractivity contribution >= 4 is 41.7 Å². The van der Waals surface area contributed by atoms with Crippen molar-refractivity contribution in [2.75, 3.05) is 121 Å². The lowest BCUT2D eigenvalue weighted by Crippen LogP contribution is -2.54. The van der Waals surface area contributed by atoms with E-state index in [1.54, 1.807) is 136 Å². The maximum absolute atomic E-state index is 13.5. The molecule has 29 heteroatoms. The van der Waals surface area contributed by atoms with Crippen LogP contribution >= 0.6 is 0 Å². The second kappa shape index (κ2) is 39.7. The second-order valence-corrected chi connectivity index (χ2v) is 27.7. The molecule has 568 valence electrons. The largest absolute Gasteiger partial charge is 0.497 e. The van der Waals surface area contributed by atoms with Crippen LogP contribution in [0.25, 0.3) is 17.1 Å². The highest BCUT2D eigenvalue weighted by Gasteiger charge is 2.38. The standard InChI is InChI=1S/C30H38N6O3.C19H26N6O3.C19H24N6O3.C10H13NO/c1-34-17-19-35(20-18-34)30(38)28(32-29(37)23-7-11-25(12-8-23)36-16-15-31-33-36)6-4-3-5-24-21-27(24)22-9-13-26(39-2)14-10-22;2*1-23-10-12-24(13-11-23)19(28)17(3-2-14-26)21-18(27)15-4-6-16(7-5-15)25-9-8-20-22-25;1-12-8-4-2-7(3-5-8)9-6-10(9)11/h7-16,24,27-28H,3-6,17-21H2,1-2H3,(H,32,37);4-9,17,26H,2-3,10-14H2,1H3,(H,21,27);4-9,14,17H,2-3,10-13H2,1H3,(H,21,27);2-5,9-10H,6,11H2,1H3/t24-,27+,28+;2*17-;9-,10+/m1000/s1. The molecule has 13 rings (SSSR count). The van der Waals surface area contributed by atoms with Crippen molar-refractivity contribution in [1.29, 1.82) is 0 Å². The van der Waals surface area contributed by atoms with Crippen molar-refractivity contribution in [3.63, 3.8) is 0 Å². The maximum Gasteiger partial charge on any atom is 0.251 e. The molecule has 29 nitrogen and oxygen atoms in total. The number of nitrogens with two attached hydrogens (primary N) is 1. The summed E-state index contributed by atoms with van der Waals surface area (Å²) in [6.07, 6.45) is 18.2. The van der Waals surface area contributed by atoms with Crippen LogP contribution < -0.4 is 31.2 Å². The van der Waals surface area contributed by atoms with Crippen LogP contribution in [0.15, 0.2) is 159 Å². The van der Waals surface area contributed by atoms with Gasteiger partial charge in [0.1, 0.15) is 35.9 Å². The van der Waals surface area contributed by atoms with Crippen LogP contribution in [-0.4, -0.2) is 266 Å². The summed E-state index contributed by atoms with van der Waals surface area (Å²) in [5.74, 6) is 2.63. The van der Waals surface area contributed by atoms with Crippen LogP contribution in [0, 0.1) is 5.92 Å². The van der Waals surface area contributed by atoms with Crippen LogP contribution in [0.5, 0.6) is 11.5 Å². The van der Waals surface area contributed by atoms with Crippen LogP contribution in [0.1, 0.15) is 118 Å². The highest BCUT2D eigenvalue weighted by Crippen LogP contribution is 2.50. The predicted molar refractivity (Wildman–Crippen MR) is 402 cm³/mol. The first-order valence-electron chi connectivity index (χ1n) is 36.8. The van der Waals surface area contributed by atoms with Crippen molar-refractivity contribution in [2.24, 2.45) is 11.7 Å². The molecule has 107 heavy (non-hydrogen) atoms. The van der Waals surface area contributed by atoms with Gasteiger partial charge < -0.3 is 70.5 Å². The predicted octanol–water partition coefficient (Wildman–Crippen LogP) is 5.05. The highest BCUT2D eigenvalue weighted by molar-refractivity contribution is 5.99. The van der Waals surface area contributed by atoms with E-state index in [-0.39, 0.29) is 54.9 Å².